The fourth-order valence-corrected chi connectivity index (χ4v) is 9.19. The molecular formula is C42H54FN9O4S. The lowest BCUT2D eigenvalue weighted by Crippen LogP contribution is -2.51. The zero-order chi connectivity index (χ0) is 40.8. The van der Waals surface area contributed by atoms with Crippen LogP contribution in [0.1, 0.15) is 65.7 Å². The minimum absolute atomic E-state index is 0.207. The summed E-state index contributed by atoms with van der Waals surface area (Å²) in [6, 6.07) is 12.2. The molecule has 7 rings (SSSR count). The summed E-state index contributed by atoms with van der Waals surface area (Å²) in [6.07, 6.45) is 6.29. The zero-order valence-electron chi connectivity index (χ0n) is 33.1. The van der Waals surface area contributed by atoms with Crippen LogP contribution in [0.2, 0.25) is 0 Å². The topological polar surface area (TPSA) is 173 Å². The van der Waals surface area contributed by atoms with E-state index in [-0.39, 0.29) is 34.4 Å². The number of rotatable bonds is 11. The van der Waals surface area contributed by atoms with Crippen molar-refractivity contribution in [1.29, 1.82) is 0 Å². The van der Waals surface area contributed by atoms with Crippen LogP contribution in [0.15, 0.2) is 71.3 Å². The number of phenols is 1. The number of nitrogens with one attached hydrogen (secondary N) is 2. The number of likely N-dealkylation sites (N-methyl/N-ethyl adjacent to an activating group) is 1. The average Bonchev–Trinajstić information content (AvgIpc) is 3.62. The van der Waals surface area contributed by atoms with Crippen molar-refractivity contribution in [2.24, 2.45) is 11.5 Å². The highest BCUT2D eigenvalue weighted by Gasteiger charge is 2.37. The number of amides is 2. The van der Waals surface area contributed by atoms with Crippen molar-refractivity contribution in [2.75, 3.05) is 51.2 Å². The summed E-state index contributed by atoms with van der Waals surface area (Å²) in [5, 5.41) is 17.1. The zero-order valence-corrected chi connectivity index (χ0v) is 33.9. The van der Waals surface area contributed by atoms with Gasteiger partial charge in [-0.15, -0.1) is 11.8 Å². The van der Waals surface area contributed by atoms with E-state index in [1.165, 1.54) is 23.3 Å². The Balaban J connectivity index is 0.00000270. The predicted molar refractivity (Wildman–Crippen MR) is 221 cm³/mol. The predicted octanol–water partition coefficient (Wildman–Crippen LogP) is 3.90. The van der Waals surface area contributed by atoms with E-state index >= 15 is 0 Å². The van der Waals surface area contributed by atoms with Crippen LogP contribution in [0, 0.1) is 12.7 Å². The minimum Gasteiger partial charge on any atom is -0.504 e. The van der Waals surface area contributed by atoms with Gasteiger partial charge in [0, 0.05) is 98.8 Å². The molecule has 7 N–H and O–H groups in total. The van der Waals surface area contributed by atoms with Crippen molar-refractivity contribution < 1.29 is 23.9 Å². The Kier molecular flexibility index (Phi) is 13.4. The van der Waals surface area contributed by atoms with E-state index in [0.29, 0.717) is 37.3 Å². The van der Waals surface area contributed by atoms with Gasteiger partial charge in [-0.3, -0.25) is 29.5 Å². The van der Waals surface area contributed by atoms with Crippen LogP contribution < -0.4 is 27.0 Å². The molecular weight excluding hydrogens is 746 g/mol. The number of anilines is 1. The molecule has 3 saturated heterocycles. The Bertz CT molecular complexity index is 2040. The molecule has 1 aromatic heterocycles. The van der Waals surface area contributed by atoms with E-state index in [4.69, 9.17) is 16.5 Å². The summed E-state index contributed by atoms with van der Waals surface area (Å²) in [4.78, 5) is 49.7. The van der Waals surface area contributed by atoms with Gasteiger partial charge in [-0.1, -0.05) is 26.0 Å². The van der Waals surface area contributed by atoms with Crippen LogP contribution in [0.3, 0.4) is 0 Å². The van der Waals surface area contributed by atoms with Crippen molar-refractivity contribution in [3.8, 4) is 5.75 Å². The van der Waals surface area contributed by atoms with Crippen molar-refractivity contribution in [1.82, 2.24) is 30.3 Å². The molecule has 4 aliphatic heterocycles. The number of phenolic OH excluding ortho intramolecular Hbond substituents is 1. The van der Waals surface area contributed by atoms with Gasteiger partial charge in [-0.2, -0.15) is 0 Å². The van der Waals surface area contributed by atoms with Gasteiger partial charge in [-0.25, -0.2) is 9.37 Å². The highest BCUT2D eigenvalue weighted by molar-refractivity contribution is 7.99. The van der Waals surface area contributed by atoms with Gasteiger partial charge >= 0.3 is 0 Å². The van der Waals surface area contributed by atoms with Gasteiger partial charge in [-0.05, 0) is 79.9 Å². The van der Waals surface area contributed by atoms with Crippen molar-refractivity contribution in [2.45, 2.75) is 75.5 Å². The molecule has 0 bridgehead atoms. The Morgan fingerprint density at radius 3 is 2.61 bits per heavy atom. The smallest absolute Gasteiger partial charge is 0.243 e. The van der Waals surface area contributed by atoms with Gasteiger partial charge in [0.25, 0.3) is 0 Å². The van der Waals surface area contributed by atoms with Crippen LogP contribution in [-0.4, -0.2) is 107 Å². The molecule has 0 spiro atoms. The molecule has 0 saturated carbocycles. The minimum atomic E-state index is -0.728. The summed E-state index contributed by atoms with van der Waals surface area (Å²) in [6.45, 7) is 12.2. The molecule has 2 aromatic carbocycles. The van der Waals surface area contributed by atoms with E-state index < -0.39 is 17.6 Å². The second kappa shape index (κ2) is 18.4. The second-order valence-corrected chi connectivity index (χ2v) is 16.1. The molecule has 4 aliphatic rings. The lowest BCUT2D eigenvalue weighted by molar-refractivity contribution is -0.137. The summed E-state index contributed by atoms with van der Waals surface area (Å²) >= 11 is 1.76. The number of fused-ring (bicyclic) bond motifs is 1. The van der Waals surface area contributed by atoms with E-state index in [2.05, 4.69) is 38.3 Å². The molecule has 3 atom stereocenters. The van der Waals surface area contributed by atoms with Crippen molar-refractivity contribution >= 4 is 41.2 Å². The lowest BCUT2D eigenvalue weighted by atomic mass is 10.0. The molecule has 304 valence electrons. The number of thioether (sulfide) groups is 1. The van der Waals surface area contributed by atoms with Crippen molar-refractivity contribution in [3.63, 3.8) is 0 Å². The third-order valence-corrected chi connectivity index (χ3v) is 12.3. The van der Waals surface area contributed by atoms with Gasteiger partial charge < -0.3 is 31.7 Å². The number of para-hydroxylation sites is 1. The number of aromatic nitrogens is 1. The molecule has 2 amide bonds. The van der Waals surface area contributed by atoms with E-state index in [1.54, 1.807) is 23.9 Å². The number of pyridine rings is 1. The molecule has 15 heteroatoms. The maximum Gasteiger partial charge on any atom is 0.243 e. The summed E-state index contributed by atoms with van der Waals surface area (Å²) in [7, 11) is 1.84. The molecule has 3 fully saturated rings. The number of hydrogen-bond donors (Lipinski definition) is 5. The monoisotopic (exact) mass is 799 g/mol. The number of nitrogens with zero attached hydrogens (tertiary/aromatic N) is 5. The normalized spacial score (nSPS) is 21.5. The third-order valence-electron chi connectivity index (χ3n) is 11.1. The number of aldehydes is 1. The molecule has 3 aromatic rings. The Hall–Kier alpha value is -5.12. The first-order chi connectivity index (χ1) is 27.5. The second-order valence-electron chi connectivity index (χ2n) is 14.8. The van der Waals surface area contributed by atoms with Crippen molar-refractivity contribution in [3.05, 3.63) is 99.9 Å². The Morgan fingerprint density at radius 1 is 1.12 bits per heavy atom. The molecule has 13 nitrogen and oxygen atoms in total. The maximum atomic E-state index is 14.0. The lowest BCUT2D eigenvalue weighted by Gasteiger charge is -2.36. The molecule has 0 aliphatic carbocycles. The first-order valence-electron chi connectivity index (χ1n) is 19.6. The standard InChI is InChI=1S/C40H48FN9O4S.C2H6/c1-24-14-37(55-30-16-29-19-45-39(43)35(50(29)22-30)17-33(42)31-4-3-5-32(41)38(31)53)44-18-27(24)21-48-10-12-49(13-11-48)28-7-6-25(26(15-28)23-51)20-47(2)34-8-9-36(52)46-40(34)54;1-2/h3-7,14-15,17-18,23,29-30,34,45,53H,8-13,16,19-22,42-43H2,1-2H3,(H,46,52,54);1-2H3/b33-17-;. The highest BCUT2D eigenvalue weighted by Crippen LogP contribution is 2.37. The van der Waals surface area contributed by atoms with Crippen LogP contribution in [0.5, 0.6) is 5.75 Å². The van der Waals surface area contributed by atoms with Crippen LogP contribution in [-0.2, 0) is 22.7 Å². The van der Waals surface area contributed by atoms with Crippen LogP contribution in [0.25, 0.3) is 5.70 Å². The number of hydrogen-bond acceptors (Lipinski definition) is 13. The number of imide groups is 1. The Morgan fingerprint density at radius 2 is 1.89 bits per heavy atom. The van der Waals surface area contributed by atoms with Crippen LogP contribution in [0.4, 0.5) is 10.1 Å². The third kappa shape index (κ3) is 9.54. The summed E-state index contributed by atoms with van der Waals surface area (Å²) in [5.74, 6) is -1.25. The molecule has 5 heterocycles. The fraction of sp³-hybridized carbons (Fsp3) is 0.429. The SMILES string of the molecule is CC.Cc1cc(SC2CC3CNC(N)=C(/C=C(\N)c4cccc(F)c4O)N3C2)ncc1CN1CCN(c2ccc(CN(C)C3CCC(=O)NC3=O)c(C=O)c2)CC1. The first kappa shape index (κ1) is 41.5. The maximum absolute atomic E-state index is 14.0. The quantitative estimate of drug-likeness (QED) is 0.140. The number of benzene rings is 2. The summed E-state index contributed by atoms with van der Waals surface area (Å²) in [5.41, 5.74) is 18.7. The first-order valence-corrected chi connectivity index (χ1v) is 20.5. The number of carbonyl (C=O) groups is 3. The Labute approximate surface area is 338 Å². The van der Waals surface area contributed by atoms with Gasteiger partial charge in [0.2, 0.25) is 11.8 Å². The van der Waals surface area contributed by atoms with Gasteiger partial charge in [0.1, 0.15) is 12.1 Å². The molecule has 57 heavy (non-hydrogen) atoms. The number of piperazine rings is 1. The molecule has 0 radical (unpaired) electrons. The van der Waals surface area contributed by atoms with Gasteiger partial charge in [0.15, 0.2) is 11.6 Å². The molecule has 3 unspecified atom stereocenters. The number of nitrogens with two attached hydrogens (primary N) is 2. The van der Waals surface area contributed by atoms with Gasteiger partial charge in [0.05, 0.1) is 16.8 Å². The van der Waals surface area contributed by atoms with E-state index in [1.807, 2.05) is 50.2 Å². The number of carbonyl (C=O) groups excluding carboxylic acids is 3. The number of aromatic hydroxyl groups is 1. The number of halogens is 1. The largest absolute Gasteiger partial charge is 0.504 e. The number of aryl methyl sites for hydroxylation is 1. The number of allylic oxidation sites excluding steroid dienone is 1. The fourth-order valence-electron chi connectivity index (χ4n) is 7.93. The average molecular weight is 800 g/mol. The number of piperidine rings is 1. The highest BCUT2D eigenvalue weighted by atomic mass is 32.2. The summed E-state index contributed by atoms with van der Waals surface area (Å²) < 4.78 is 14.0. The van der Waals surface area contributed by atoms with Crippen LogP contribution >= 0.6 is 11.8 Å². The van der Waals surface area contributed by atoms with E-state index in [9.17, 15) is 23.9 Å². The van der Waals surface area contributed by atoms with E-state index in [0.717, 1.165) is 73.9 Å².